The molecule has 0 aliphatic carbocycles. The molecule has 0 N–H and O–H groups in total. The molecule has 5 nitrogen and oxygen atoms in total. The molecule has 1 aromatic carbocycles. The summed E-state index contributed by atoms with van der Waals surface area (Å²) >= 11 is 0. The van der Waals surface area contributed by atoms with Gasteiger partial charge in [0.15, 0.2) is 5.82 Å². The van der Waals surface area contributed by atoms with Gasteiger partial charge in [0.2, 0.25) is 11.8 Å². The molecular weight excluding hydrogens is 302 g/mol. The van der Waals surface area contributed by atoms with Crippen molar-refractivity contribution in [1.82, 2.24) is 15.0 Å². The van der Waals surface area contributed by atoms with Gasteiger partial charge in [0.1, 0.15) is 0 Å². The maximum atomic E-state index is 13.1. The molecule has 0 spiro atoms. The highest BCUT2D eigenvalue weighted by Crippen LogP contribution is 2.32. The van der Waals surface area contributed by atoms with E-state index < -0.39 is 5.41 Å². The van der Waals surface area contributed by atoms with Crippen LogP contribution in [-0.4, -0.2) is 34.0 Å². The molecule has 128 valence electrons. The van der Waals surface area contributed by atoms with E-state index in [1.807, 2.05) is 37.8 Å². The lowest BCUT2D eigenvalue weighted by molar-refractivity contribution is -0.137. The van der Waals surface area contributed by atoms with Gasteiger partial charge in [-0.3, -0.25) is 4.79 Å². The summed E-state index contributed by atoms with van der Waals surface area (Å²) in [6.07, 6.45) is 1.74. The molecule has 1 aliphatic rings. The maximum absolute atomic E-state index is 13.1. The highest BCUT2D eigenvalue weighted by atomic mass is 16.5. The molecule has 1 aliphatic heterocycles. The van der Waals surface area contributed by atoms with Gasteiger partial charge < -0.3 is 9.42 Å². The van der Waals surface area contributed by atoms with Crippen molar-refractivity contribution in [3.8, 4) is 0 Å². The summed E-state index contributed by atoms with van der Waals surface area (Å²) in [5.41, 5.74) is 1.75. The van der Waals surface area contributed by atoms with Gasteiger partial charge in [0, 0.05) is 19.0 Å². The van der Waals surface area contributed by atoms with E-state index in [1.54, 1.807) is 0 Å². The van der Waals surface area contributed by atoms with Crippen molar-refractivity contribution in [3.63, 3.8) is 0 Å². The standard InChI is InChI=1S/C19H25N3O2/c1-13-7-5-6-8-16(13)19(3,4)18(23)22-11-9-15(10-12-22)17-20-14(2)21-24-17/h5-8,15H,9-12H2,1-4H3. The van der Waals surface area contributed by atoms with Crippen molar-refractivity contribution in [1.29, 1.82) is 0 Å². The lowest BCUT2D eigenvalue weighted by Crippen LogP contribution is -2.47. The number of benzene rings is 1. The fraction of sp³-hybridized carbons (Fsp3) is 0.526. The van der Waals surface area contributed by atoms with Crippen LogP contribution >= 0.6 is 0 Å². The number of likely N-dealkylation sites (tertiary alicyclic amines) is 1. The van der Waals surface area contributed by atoms with Crippen LogP contribution in [0, 0.1) is 13.8 Å². The molecule has 3 rings (SSSR count). The highest BCUT2D eigenvalue weighted by Gasteiger charge is 2.37. The van der Waals surface area contributed by atoms with Crippen LogP contribution in [0.4, 0.5) is 0 Å². The Hall–Kier alpha value is -2.17. The number of aromatic nitrogens is 2. The number of rotatable bonds is 3. The van der Waals surface area contributed by atoms with Crippen LogP contribution in [0.5, 0.6) is 0 Å². The fourth-order valence-electron chi connectivity index (χ4n) is 3.59. The number of carbonyl (C=O) groups excluding carboxylic acids is 1. The van der Waals surface area contributed by atoms with Gasteiger partial charge in [-0.2, -0.15) is 4.98 Å². The molecule has 24 heavy (non-hydrogen) atoms. The largest absolute Gasteiger partial charge is 0.342 e. The minimum absolute atomic E-state index is 0.192. The van der Waals surface area contributed by atoms with Crippen molar-refractivity contribution in [2.75, 3.05) is 13.1 Å². The second kappa shape index (κ2) is 6.38. The van der Waals surface area contributed by atoms with E-state index in [9.17, 15) is 4.79 Å². The van der Waals surface area contributed by atoms with Crippen LogP contribution in [0.25, 0.3) is 0 Å². The molecule has 0 bridgehead atoms. The van der Waals surface area contributed by atoms with E-state index in [0.29, 0.717) is 11.7 Å². The smallest absolute Gasteiger partial charge is 0.232 e. The summed E-state index contributed by atoms with van der Waals surface area (Å²) in [6, 6.07) is 8.13. The van der Waals surface area contributed by atoms with E-state index in [0.717, 1.165) is 37.1 Å². The van der Waals surface area contributed by atoms with Gasteiger partial charge >= 0.3 is 0 Å². The van der Waals surface area contributed by atoms with Gasteiger partial charge in [-0.1, -0.05) is 29.4 Å². The first-order chi connectivity index (χ1) is 11.4. The molecule has 0 radical (unpaired) electrons. The average Bonchev–Trinajstić information content (AvgIpc) is 3.01. The predicted octanol–water partition coefficient (Wildman–Crippen LogP) is 3.37. The zero-order chi connectivity index (χ0) is 17.3. The fourth-order valence-corrected chi connectivity index (χ4v) is 3.59. The van der Waals surface area contributed by atoms with E-state index in [1.165, 1.54) is 0 Å². The number of nitrogens with zero attached hydrogens (tertiary/aromatic N) is 3. The summed E-state index contributed by atoms with van der Waals surface area (Å²) < 4.78 is 5.29. The van der Waals surface area contributed by atoms with Crippen LogP contribution in [0.1, 0.15) is 55.4 Å². The summed E-state index contributed by atoms with van der Waals surface area (Å²) in [5.74, 6) is 1.83. The Bertz CT molecular complexity index is 728. The number of carbonyl (C=O) groups is 1. The highest BCUT2D eigenvalue weighted by molar-refractivity contribution is 5.87. The van der Waals surface area contributed by atoms with E-state index >= 15 is 0 Å². The second-order valence-corrected chi connectivity index (χ2v) is 7.19. The van der Waals surface area contributed by atoms with E-state index in [-0.39, 0.29) is 11.8 Å². The average molecular weight is 327 g/mol. The van der Waals surface area contributed by atoms with Gasteiger partial charge in [0.25, 0.3) is 0 Å². The number of hydrogen-bond acceptors (Lipinski definition) is 4. The molecule has 2 aromatic rings. The first-order valence-corrected chi connectivity index (χ1v) is 8.55. The molecule has 1 aromatic heterocycles. The molecule has 0 atom stereocenters. The Morgan fingerprint density at radius 3 is 2.46 bits per heavy atom. The van der Waals surface area contributed by atoms with Crippen molar-refractivity contribution in [3.05, 3.63) is 47.1 Å². The van der Waals surface area contributed by atoms with Crippen molar-refractivity contribution in [2.24, 2.45) is 0 Å². The van der Waals surface area contributed by atoms with Gasteiger partial charge in [-0.25, -0.2) is 0 Å². The quantitative estimate of drug-likeness (QED) is 0.867. The van der Waals surface area contributed by atoms with E-state index in [4.69, 9.17) is 4.52 Å². The minimum atomic E-state index is -0.515. The van der Waals surface area contributed by atoms with Gasteiger partial charge in [-0.15, -0.1) is 0 Å². The third-order valence-corrected chi connectivity index (χ3v) is 5.03. The van der Waals surface area contributed by atoms with Crippen LogP contribution in [0.3, 0.4) is 0 Å². The van der Waals surface area contributed by atoms with E-state index in [2.05, 4.69) is 29.2 Å². The normalized spacial score (nSPS) is 16.4. The molecule has 1 saturated heterocycles. The molecule has 1 fully saturated rings. The van der Waals surface area contributed by atoms with Crippen molar-refractivity contribution < 1.29 is 9.32 Å². The first-order valence-electron chi connectivity index (χ1n) is 8.55. The number of amides is 1. The Balaban J connectivity index is 1.69. The summed E-state index contributed by atoms with van der Waals surface area (Å²) in [6.45, 7) is 9.40. The lowest BCUT2D eigenvalue weighted by atomic mass is 9.80. The third kappa shape index (κ3) is 3.07. The molecule has 1 amide bonds. The van der Waals surface area contributed by atoms with Crippen LogP contribution in [0.15, 0.2) is 28.8 Å². The SMILES string of the molecule is Cc1noc(C2CCN(C(=O)C(C)(C)c3ccccc3C)CC2)n1. The van der Waals surface area contributed by atoms with Gasteiger partial charge in [0.05, 0.1) is 5.41 Å². The topological polar surface area (TPSA) is 59.2 Å². The van der Waals surface area contributed by atoms with Crippen LogP contribution in [0.2, 0.25) is 0 Å². The maximum Gasteiger partial charge on any atom is 0.232 e. The Labute approximate surface area is 143 Å². The second-order valence-electron chi connectivity index (χ2n) is 7.19. The molecular formula is C19H25N3O2. The van der Waals surface area contributed by atoms with Crippen LogP contribution < -0.4 is 0 Å². The van der Waals surface area contributed by atoms with Crippen molar-refractivity contribution in [2.45, 2.75) is 51.9 Å². The number of aryl methyl sites for hydroxylation is 2. The minimum Gasteiger partial charge on any atom is -0.342 e. The number of piperidine rings is 1. The van der Waals surface area contributed by atoms with Crippen LogP contribution in [-0.2, 0) is 10.2 Å². The zero-order valence-corrected chi connectivity index (χ0v) is 14.9. The predicted molar refractivity (Wildman–Crippen MR) is 91.8 cm³/mol. The Morgan fingerprint density at radius 2 is 1.88 bits per heavy atom. The lowest BCUT2D eigenvalue weighted by Gasteiger charge is -2.37. The Morgan fingerprint density at radius 1 is 1.21 bits per heavy atom. The summed E-state index contributed by atoms with van der Waals surface area (Å²) in [7, 11) is 0. The molecule has 2 heterocycles. The first kappa shape index (κ1) is 16.7. The molecule has 5 heteroatoms. The van der Waals surface area contributed by atoms with Gasteiger partial charge in [-0.05, 0) is 51.7 Å². The zero-order valence-electron chi connectivity index (χ0n) is 14.9. The summed E-state index contributed by atoms with van der Waals surface area (Å²) in [5, 5.41) is 3.87. The van der Waals surface area contributed by atoms with Crippen molar-refractivity contribution >= 4 is 5.91 Å². The monoisotopic (exact) mass is 327 g/mol. The molecule has 0 saturated carbocycles. The Kier molecular flexibility index (Phi) is 4.43. The number of hydrogen-bond donors (Lipinski definition) is 0. The third-order valence-electron chi connectivity index (χ3n) is 5.03. The summed E-state index contributed by atoms with van der Waals surface area (Å²) in [4.78, 5) is 19.4. The molecule has 0 unspecified atom stereocenters.